The molecule has 2 nitrogen and oxygen atoms in total. The Hall–Kier alpha value is -0.0800. The predicted molar refractivity (Wildman–Crippen MR) is 44.4 cm³/mol. The van der Waals surface area contributed by atoms with Gasteiger partial charge < -0.3 is 9.84 Å². The van der Waals surface area contributed by atoms with E-state index in [0.29, 0.717) is 11.8 Å². The van der Waals surface area contributed by atoms with Crippen LogP contribution in [0.15, 0.2) is 0 Å². The first-order valence-corrected chi connectivity index (χ1v) is 4.47. The summed E-state index contributed by atoms with van der Waals surface area (Å²) in [7, 11) is 0. The van der Waals surface area contributed by atoms with Crippen LogP contribution in [-0.4, -0.2) is 24.4 Å². The van der Waals surface area contributed by atoms with Crippen molar-refractivity contribution in [3.63, 3.8) is 0 Å². The zero-order chi connectivity index (χ0) is 8.27. The second-order valence-electron chi connectivity index (χ2n) is 3.55. The highest BCUT2D eigenvalue weighted by molar-refractivity contribution is 4.72. The predicted octanol–water partition coefficient (Wildman–Crippen LogP) is 1.43. The van der Waals surface area contributed by atoms with Gasteiger partial charge in [0.1, 0.15) is 0 Å². The number of hydrogen-bond acceptors (Lipinski definition) is 2. The fourth-order valence-corrected chi connectivity index (χ4v) is 1.64. The van der Waals surface area contributed by atoms with Crippen molar-refractivity contribution in [2.24, 2.45) is 11.8 Å². The highest BCUT2D eigenvalue weighted by Gasteiger charge is 2.23. The minimum Gasteiger partial charge on any atom is -0.393 e. The van der Waals surface area contributed by atoms with Gasteiger partial charge in [-0.2, -0.15) is 0 Å². The van der Waals surface area contributed by atoms with Crippen molar-refractivity contribution in [1.29, 1.82) is 0 Å². The second kappa shape index (κ2) is 4.07. The average molecular weight is 158 g/mol. The lowest BCUT2D eigenvalue weighted by Gasteiger charge is -2.29. The molecule has 11 heavy (non-hydrogen) atoms. The maximum absolute atomic E-state index is 9.33. The molecule has 66 valence electrons. The van der Waals surface area contributed by atoms with Crippen molar-refractivity contribution in [2.75, 3.05) is 13.2 Å². The Morgan fingerprint density at radius 3 is 2.27 bits per heavy atom. The van der Waals surface area contributed by atoms with Crippen molar-refractivity contribution in [2.45, 2.75) is 32.8 Å². The molecule has 0 bridgehead atoms. The van der Waals surface area contributed by atoms with E-state index in [0.717, 1.165) is 26.1 Å². The van der Waals surface area contributed by atoms with Gasteiger partial charge >= 0.3 is 0 Å². The lowest BCUT2D eigenvalue weighted by atomic mass is 9.84. The van der Waals surface area contributed by atoms with Gasteiger partial charge in [-0.05, 0) is 31.6 Å². The molecule has 1 fully saturated rings. The van der Waals surface area contributed by atoms with Crippen molar-refractivity contribution >= 4 is 0 Å². The maximum Gasteiger partial charge on any atom is 0.0540 e. The number of aliphatic hydroxyl groups excluding tert-OH is 1. The molecule has 0 aliphatic carbocycles. The van der Waals surface area contributed by atoms with Gasteiger partial charge in [0.2, 0.25) is 0 Å². The van der Waals surface area contributed by atoms with Crippen LogP contribution in [0.5, 0.6) is 0 Å². The van der Waals surface area contributed by atoms with E-state index in [1.54, 1.807) is 0 Å². The van der Waals surface area contributed by atoms with Crippen LogP contribution in [0, 0.1) is 11.8 Å². The van der Waals surface area contributed by atoms with Crippen LogP contribution in [0.25, 0.3) is 0 Å². The monoisotopic (exact) mass is 158 g/mol. The summed E-state index contributed by atoms with van der Waals surface area (Å²) in [6.45, 7) is 5.75. The third kappa shape index (κ3) is 2.46. The normalized spacial score (nSPS) is 26.5. The minimum absolute atomic E-state index is 0.168. The van der Waals surface area contributed by atoms with Crippen molar-refractivity contribution < 1.29 is 9.84 Å². The summed E-state index contributed by atoms with van der Waals surface area (Å²) >= 11 is 0. The molecule has 2 atom stereocenters. The van der Waals surface area contributed by atoms with E-state index < -0.39 is 0 Å². The van der Waals surface area contributed by atoms with E-state index in [9.17, 15) is 5.11 Å². The highest BCUT2D eigenvalue weighted by atomic mass is 16.5. The smallest absolute Gasteiger partial charge is 0.0540 e. The van der Waals surface area contributed by atoms with Crippen LogP contribution in [-0.2, 0) is 4.74 Å². The van der Waals surface area contributed by atoms with Crippen LogP contribution in [0.1, 0.15) is 26.7 Å². The Morgan fingerprint density at radius 2 is 1.82 bits per heavy atom. The van der Waals surface area contributed by atoms with E-state index in [1.807, 2.05) is 6.92 Å². The largest absolute Gasteiger partial charge is 0.393 e. The Labute approximate surface area is 68.6 Å². The molecule has 1 aliphatic rings. The van der Waals surface area contributed by atoms with Crippen molar-refractivity contribution in [1.82, 2.24) is 0 Å². The molecule has 0 saturated carbocycles. The quantitative estimate of drug-likeness (QED) is 0.658. The summed E-state index contributed by atoms with van der Waals surface area (Å²) in [5.74, 6) is 1.10. The molecule has 2 heteroatoms. The summed E-state index contributed by atoms with van der Waals surface area (Å²) in [5.41, 5.74) is 0. The molecular formula is C9H18O2. The average Bonchev–Trinajstić information content (AvgIpc) is 2.05. The Kier molecular flexibility index (Phi) is 3.34. The molecule has 0 radical (unpaired) electrons. The van der Waals surface area contributed by atoms with Gasteiger partial charge in [0.15, 0.2) is 0 Å². The van der Waals surface area contributed by atoms with Gasteiger partial charge in [-0.15, -0.1) is 0 Å². The Bertz CT molecular complexity index is 106. The fourth-order valence-electron chi connectivity index (χ4n) is 1.64. The number of hydrogen-bond donors (Lipinski definition) is 1. The van der Waals surface area contributed by atoms with Crippen LogP contribution >= 0.6 is 0 Å². The van der Waals surface area contributed by atoms with E-state index in [2.05, 4.69) is 6.92 Å². The molecule has 1 aliphatic heterocycles. The first-order chi connectivity index (χ1) is 5.22. The second-order valence-corrected chi connectivity index (χ2v) is 3.55. The van der Waals surface area contributed by atoms with Gasteiger partial charge in [0, 0.05) is 13.2 Å². The molecule has 1 saturated heterocycles. The highest BCUT2D eigenvalue weighted by Crippen LogP contribution is 2.25. The molecule has 0 spiro atoms. The topological polar surface area (TPSA) is 29.5 Å². The van der Waals surface area contributed by atoms with Gasteiger partial charge in [-0.25, -0.2) is 0 Å². The molecule has 1 heterocycles. The molecule has 0 amide bonds. The summed E-state index contributed by atoms with van der Waals surface area (Å²) in [6.07, 6.45) is 2.07. The van der Waals surface area contributed by atoms with Gasteiger partial charge in [-0.3, -0.25) is 0 Å². The first kappa shape index (κ1) is 9.01. The zero-order valence-corrected chi connectivity index (χ0v) is 7.42. The van der Waals surface area contributed by atoms with Crippen molar-refractivity contribution in [3.8, 4) is 0 Å². The Morgan fingerprint density at radius 1 is 1.27 bits per heavy atom. The zero-order valence-electron chi connectivity index (χ0n) is 7.42. The lowest BCUT2D eigenvalue weighted by Crippen LogP contribution is -2.28. The molecule has 0 aromatic carbocycles. The SMILES string of the molecule is CC(O)C(C)C1CCOCC1. The van der Waals surface area contributed by atoms with Crippen LogP contribution in [0.3, 0.4) is 0 Å². The number of rotatable bonds is 2. The van der Waals surface area contributed by atoms with E-state index in [1.165, 1.54) is 0 Å². The summed E-state index contributed by atoms with van der Waals surface area (Å²) in [6, 6.07) is 0. The van der Waals surface area contributed by atoms with Crippen molar-refractivity contribution in [3.05, 3.63) is 0 Å². The molecule has 1 rings (SSSR count). The molecule has 2 unspecified atom stereocenters. The Balaban J connectivity index is 2.32. The standard InChI is InChI=1S/C9H18O2/c1-7(8(2)10)9-3-5-11-6-4-9/h7-10H,3-6H2,1-2H3. The number of aliphatic hydroxyl groups is 1. The lowest BCUT2D eigenvalue weighted by molar-refractivity contribution is 0.0165. The van der Waals surface area contributed by atoms with Gasteiger partial charge in [0.05, 0.1) is 6.10 Å². The van der Waals surface area contributed by atoms with Gasteiger partial charge in [0.25, 0.3) is 0 Å². The summed E-state index contributed by atoms with van der Waals surface area (Å²) in [5, 5.41) is 9.33. The van der Waals surface area contributed by atoms with Crippen LogP contribution in [0.4, 0.5) is 0 Å². The minimum atomic E-state index is -0.168. The van der Waals surface area contributed by atoms with E-state index >= 15 is 0 Å². The third-order valence-electron chi connectivity index (χ3n) is 2.77. The van der Waals surface area contributed by atoms with E-state index in [-0.39, 0.29) is 6.10 Å². The maximum atomic E-state index is 9.33. The third-order valence-corrected chi connectivity index (χ3v) is 2.77. The molecule has 1 N–H and O–H groups in total. The first-order valence-electron chi connectivity index (χ1n) is 4.47. The van der Waals surface area contributed by atoms with Crippen LogP contribution < -0.4 is 0 Å². The van der Waals surface area contributed by atoms with Crippen LogP contribution in [0.2, 0.25) is 0 Å². The molecular weight excluding hydrogens is 140 g/mol. The van der Waals surface area contributed by atoms with E-state index in [4.69, 9.17) is 4.74 Å². The van der Waals surface area contributed by atoms with Gasteiger partial charge in [-0.1, -0.05) is 6.92 Å². The number of ether oxygens (including phenoxy) is 1. The summed E-state index contributed by atoms with van der Waals surface area (Å²) in [4.78, 5) is 0. The fraction of sp³-hybridized carbons (Fsp3) is 1.00. The molecule has 0 aromatic heterocycles. The molecule has 0 aromatic rings. The summed E-state index contributed by atoms with van der Waals surface area (Å²) < 4.78 is 5.25.